The van der Waals surface area contributed by atoms with Gasteiger partial charge in [0, 0.05) is 32.8 Å². The first-order chi connectivity index (χ1) is 28.2. The van der Waals surface area contributed by atoms with Crippen LogP contribution in [0.15, 0.2) is 205 Å². The third-order valence-electron chi connectivity index (χ3n) is 10.9. The number of hydrogen-bond acceptors (Lipinski definition) is 4. The molecule has 0 saturated heterocycles. The van der Waals surface area contributed by atoms with Crippen molar-refractivity contribution >= 4 is 43.5 Å². The van der Waals surface area contributed by atoms with E-state index < -0.39 is 0 Å². The fourth-order valence-corrected chi connectivity index (χ4v) is 8.03. The molecule has 11 aromatic rings. The number of furan rings is 1. The van der Waals surface area contributed by atoms with Gasteiger partial charge in [0.05, 0.1) is 0 Å². The Morgan fingerprint density at radius 1 is 0.281 bits per heavy atom. The Labute approximate surface area is 329 Å². The van der Waals surface area contributed by atoms with Crippen molar-refractivity contribution in [3.05, 3.63) is 200 Å². The lowest BCUT2D eigenvalue weighted by Crippen LogP contribution is -2.00. The molecule has 0 unspecified atom stereocenters. The van der Waals surface area contributed by atoms with Gasteiger partial charge in [0.1, 0.15) is 11.2 Å². The van der Waals surface area contributed by atoms with Gasteiger partial charge in [0.15, 0.2) is 17.5 Å². The van der Waals surface area contributed by atoms with Gasteiger partial charge in [-0.05, 0) is 85.9 Å². The number of nitrogens with zero attached hydrogens (tertiary/aromatic N) is 3. The van der Waals surface area contributed by atoms with Crippen LogP contribution in [0, 0.1) is 0 Å². The molecule has 11 rings (SSSR count). The molecule has 0 saturated carbocycles. The summed E-state index contributed by atoms with van der Waals surface area (Å²) in [7, 11) is 0. The summed E-state index contributed by atoms with van der Waals surface area (Å²) in [4.78, 5) is 14.8. The maximum absolute atomic E-state index is 6.62. The van der Waals surface area contributed by atoms with Crippen molar-refractivity contribution in [3.63, 3.8) is 0 Å². The lowest BCUT2D eigenvalue weighted by atomic mass is 9.93. The van der Waals surface area contributed by atoms with E-state index in [1.54, 1.807) is 0 Å². The largest absolute Gasteiger partial charge is 0.455 e. The molecule has 0 bridgehead atoms. The zero-order valence-electron chi connectivity index (χ0n) is 30.8. The second kappa shape index (κ2) is 13.6. The smallest absolute Gasteiger partial charge is 0.164 e. The average Bonchev–Trinajstić information content (AvgIpc) is 3.67. The quantitative estimate of drug-likeness (QED) is 0.171. The number of hydrogen-bond donors (Lipinski definition) is 0. The van der Waals surface area contributed by atoms with E-state index >= 15 is 0 Å². The number of rotatable bonds is 6. The fraction of sp³-hybridized carbons (Fsp3) is 0. The summed E-state index contributed by atoms with van der Waals surface area (Å²) in [6, 6.07) is 70.1. The first kappa shape index (κ1) is 32.7. The number of aromatic nitrogens is 3. The molecule has 4 heteroatoms. The molecule has 0 aliphatic heterocycles. The normalized spacial score (nSPS) is 11.5. The second-order valence-electron chi connectivity index (χ2n) is 14.4. The van der Waals surface area contributed by atoms with Crippen molar-refractivity contribution in [2.75, 3.05) is 0 Å². The van der Waals surface area contributed by atoms with Gasteiger partial charge >= 0.3 is 0 Å². The SMILES string of the molecule is c1ccc(-c2nc(-c3ccccc3)nc(-c3cccc(-c4cccc(-c5ccc6oc7c8ccccc8c(-c8ccc9ccccc9c8)cc7c6c5)c4)c3)n2)cc1. The van der Waals surface area contributed by atoms with Crippen LogP contribution in [-0.4, -0.2) is 15.0 Å². The van der Waals surface area contributed by atoms with Crippen molar-refractivity contribution in [2.24, 2.45) is 0 Å². The molecule has 9 aromatic carbocycles. The van der Waals surface area contributed by atoms with Crippen LogP contribution in [0.25, 0.3) is 111 Å². The molecule has 0 fully saturated rings. The summed E-state index contributed by atoms with van der Waals surface area (Å²) in [6.07, 6.45) is 0. The van der Waals surface area contributed by atoms with E-state index in [1.165, 1.54) is 27.3 Å². The molecule has 4 nitrogen and oxygen atoms in total. The van der Waals surface area contributed by atoms with Crippen LogP contribution in [0.2, 0.25) is 0 Å². The molecule has 0 amide bonds. The van der Waals surface area contributed by atoms with Gasteiger partial charge < -0.3 is 4.42 Å². The van der Waals surface area contributed by atoms with Crippen molar-refractivity contribution in [1.82, 2.24) is 15.0 Å². The van der Waals surface area contributed by atoms with Crippen LogP contribution >= 0.6 is 0 Å². The van der Waals surface area contributed by atoms with E-state index in [9.17, 15) is 0 Å². The monoisotopic (exact) mass is 727 g/mol. The molecule has 57 heavy (non-hydrogen) atoms. The maximum atomic E-state index is 6.62. The Balaban J connectivity index is 0.998. The number of benzene rings is 9. The highest BCUT2D eigenvalue weighted by atomic mass is 16.3. The standard InChI is InChI=1S/C53H33N3O/c1-3-14-35(15-4-1)51-54-52(36-16-5-2-6-17-36)56-53(55-51)43-22-12-21-40(31-43)38-19-11-20-39(29-38)41-27-28-49-47(32-41)48-33-46(44-23-9-10-24-45(44)50(48)57-49)42-26-25-34-13-7-8-18-37(34)30-42/h1-33H. The molecule has 0 atom stereocenters. The van der Waals surface area contributed by atoms with E-state index in [2.05, 4.69) is 140 Å². The minimum absolute atomic E-state index is 0.633. The topological polar surface area (TPSA) is 51.8 Å². The van der Waals surface area contributed by atoms with Gasteiger partial charge in [-0.15, -0.1) is 0 Å². The van der Waals surface area contributed by atoms with Crippen LogP contribution in [0.3, 0.4) is 0 Å². The van der Waals surface area contributed by atoms with E-state index in [-0.39, 0.29) is 0 Å². The summed E-state index contributed by atoms with van der Waals surface area (Å²) >= 11 is 0. The molecule has 0 N–H and O–H groups in total. The van der Waals surface area contributed by atoms with Crippen molar-refractivity contribution in [1.29, 1.82) is 0 Å². The van der Waals surface area contributed by atoms with Gasteiger partial charge in [0.25, 0.3) is 0 Å². The van der Waals surface area contributed by atoms with Gasteiger partial charge in [-0.3, -0.25) is 0 Å². The second-order valence-corrected chi connectivity index (χ2v) is 14.4. The zero-order chi connectivity index (χ0) is 37.7. The summed E-state index contributed by atoms with van der Waals surface area (Å²) in [6.45, 7) is 0. The molecular weight excluding hydrogens is 695 g/mol. The molecule has 0 spiro atoms. The molecule has 0 aliphatic rings. The Hall–Kier alpha value is -7.69. The Morgan fingerprint density at radius 2 is 0.789 bits per heavy atom. The minimum atomic E-state index is 0.633. The van der Waals surface area contributed by atoms with Gasteiger partial charge in [-0.2, -0.15) is 0 Å². The summed E-state index contributed by atoms with van der Waals surface area (Å²) < 4.78 is 6.62. The summed E-state index contributed by atoms with van der Waals surface area (Å²) in [5.74, 6) is 1.92. The fourth-order valence-electron chi connectivity index (χ4n) is 8.03. The third-order valence-corrected chi connectivity index (χ3v) is 10.9. The molecule has 266 valence electrons. The Bertz CT molecular complexity index is 3240. The Kier molecular flexibility index (Phi) is 7.78. The highest BCUT2D eigenvalue weighted by molar-refractivity contribution is 6.19. The highest BCUT2D eigenvalue weighted by Crippen LogP contribution is 2.42. The summed E-state index contributed by atoms with van der Waals surface area (Å²) in [5, 5.41) is 6.97. The van der Waals surface area contributed by atoms with E-state index in [0.29, 0.717) is 17.5 Å². The van der Waals surface area contributed by atoms with Crippen LogP contribution in [-0.2, 0) is 0 Å². The number of fused-ring (bicyclic) bond motifs is 6. The highest BCUT2D eigenvalue weighted by Gasteiger charge is 2.17. The van der Waals surface area contributed by atoms with Crippen molar-refractivity contribution in [2.45, 2.75) is 0 Å². The van der Waals surface area contributed by atoms with E-state index in [4.69, 9.17) is 19.4 Å². The van der Waals surface area contributed by atoms with Gasteiger partial charge in [-0.25, -0.2) is 15.0 Å². The predicted molar refractivity (Wildman–Crippen MR) is 235 cm³/mol. The maximum Gasteiger partial charge on any atom is 0.164 e. The van der Waals surface area contributed by atoms with Crippen molar-refractivity contribution < 1.29 is 4.42 Å². The van der Waals surface area contributed by atoms with Crippen LogP contribution < -0.4 is 0 Å². The van der Waals surface area contributed by atoms with E-state index in [1.807, 2.05) is 60.7 Å². The minimum Gasteiger partial charge on any atom is -0.455 e. The van der Waals surface area contributed by atoms with E-state index in [0.717, 1.165) is 66.3 Å². The van der Waals surface area contributed by atoms with Crippen LogP contribution in [0.4, 0.5) is 0 Å². The van der Waals surface area contributed by atoms with Gasteiger partial charge in [0.2, 0.25) is 0 Å². The van der Waals surface area contributed by atoms with Crippen LogP contribution in [0.1, 0.15) is 0 Å². The van der Waals surface area contributed by atoms with Gasteiger partial charge in [-0.1, -0.05) is 164 Å². The molecule has 2 heterocycles. The predicted octanol–water partition coefficient (Wildman–Crippen LogP) is 14.1. The molecule has 2 aromatic heterocycles. The lowest BCUT2D eigenvalue weighted by Gasteiger charge is -2.10. The van der Waals surface area contributed by atoms with Crippen molar-refractivity contribution in [3.8, 4) is 67.5 Å². The molecular formula is C53H33N3O. The first-order valence-corrected chi connectivity index (χ1v) is 19.2. The summed E-state index contributed by atoms with van der Waals surface area (Å²) in [5.41, 5.74) is 11.4. The molecule has 0 radical (unpaired) electrons. The third kappa shape index (κ3) is 5.92. The zero-order valence-corrected chi connectivity index (χ0v) is 30.8. The Morgan fingerprint density at radius 3 is 1.47 bits per heavy atom. The lowest BCUT2D eigenvalue weighted by molar-refractivity contribution is 0.673. The first-order valence-electron chi connectivity index (χ1n) is 19.2. The molecule has 0 aliphatic carbocycles. The average molecular weight is 728 g/mol. The van der Waals surface area contributed by atoms with Crippen LogP contribution in [0.5, 0.6) is 0 Å².